The lowest BCUT2D eigenvalue weighted by atomic mass is 9.75. The Hall–Kier alpha value is -0.0800. The van der Waals surface area contributed by atoms with Gasteiger partial charge in [-0.05, 0) is 38.1 Å². The second kappa shape index (κ2) is 4.19. The molecular formula is C12H23NO. The maximum absolute atomic E-state index is 10.6. The minimum Gasteiger partial charge on any atom is -0.388 e. The fraction of sp³-hybridized carbons (Fsp3) is 1.00. The van der Waals surface area contributed by atoms with E-state index >= 15 is 0 Å². The van der Waals surface area contributed by atoms with E-state index in [9.17, 15) is 5.11 Å². The highest BCUT2D eigenvalue weighted by Gasteiger charge is 2.39. The van der Waals surface area contributed by atoms with Crippen molar-refractivity contribution in [2.24, 2.45) is 5.92 Å². The molecule has 2 nitrogen and oxygen atoms in total. The number of piperidine rings is 1. The summed E-state index contributed by atoms with van der Waals surface area (Å²) in [4.78, 5) is 0. The summed E-state index contributed by atoms with van der Waals surface area (Å²) >= 11 is 0. The lowest BCUT2D eigenvalue weighted by Crippen LogP contribution is -2.55. The van der Waals surface area contributed by atoms with Crippen LogP contribution in [0.2, 0.25) is 0 Å². The Balaban J connectivity index is 1.97. The minimum atomic E-state index is -0.382. The standard InChI is InChI=1S/C12H23NO/c1-10-5-8-13-11(9-10)12(14)6-3-2-4-7-12/h10-11,13-14H,2-9H2,1H3. The third-order valence-electron chi connectivity index (χ3n) is 4.03. The van der Waals surface area contributed by atoms with Gasteiger partial charge in [0.25, 0.3) is 0 Å². The summed E-state index contributed by atoms with van der Waals surface area (Å²) in [5, 5.41) is 14.1. The van der Waals surface area contributed by atoms with E-state index in [2.05, 4.69) is 12.2 Å². The largest absolute Gasteiger partial charge is 0.388 e. The number of hydrogen-bond donors (Lipinski definition) is 2. The topological polar surface area (TPSA) is 32.3 Å². The molecule has 0 aromatic rings. The van der Waals surface area contributed by atoms with Crippen LogP contribution < -0.4 is 5.32 Å². The molecule has 1 saturated carbocycles. The fourth-order valence-corrected chi connectivity index (χ4v) is 3.03. The van der Waals surface area contributed by atoms with E-state index in [-0.39, 0.29) is 5.60 Å². The third kappa shape index (κ3) is 2.12. The Morgan fingerprint density at radius 1 is 1.21 bits per heavy atom. The summed E-state index contributed by atoms with van der Waals surface area (Å²) < 4.78 is 0. The van der Waals surface area contributed by atoms with E-state index in [1.165, 1.54) is 25.7 Å². The molecular weight excluding hydrogens is 174 g/mol. The van der Waals surface area contributed by atoms with E-state index in [0.29, 0.717) is 6.04 Å². The predicted molar refractivity (Wildman–Crippen MR) is 58.2 cm³/mol. The molecule has 0 aromatic heterocycles. The maximum Gasteiger partial charge on any atom is 0.0800 e. The van der Waals surface area contributed by atoms with Crippen LogP contribution >= 0.6 is 0 Å². The van der Waals surface area contributed by atoms with E-state index in [0.717, 1.165) is 31.7 Å². The highest BCUT2D eigenvalue weighted by molar-refractivity contribution is 4.96. The zero-order chi connectivity index (χ0) is 10.0. The Labute approximate surface area is 87.1 Å². The molecule has 82 valence electrons. The second-order valence-electron chi connectivity index (χ2n) is 5.30. The van der Waals surface area contributed by atoms with Crippen molar-refractivity contribution >= 4 is 0 Å². The van der Waals surface area contributed by atoms with E-state index in [4.69, 9.17) is 0 Å². The molecule has 0 amide bonds. The van der Waals surface area contributed by atoms with Gasteiger partial charge in [-0.3, -0.25) is 0 Å². The molecule has 0 spiro atoms. The van der Waals surface area contributed by atoms with Crippen LogP contribution in [-0.2, 0) is 0 Å². The van der Waals surface area contributed by atoms with Gasteiger partial charge in [-0.25, -0.2) is 0 Å². The molecule has 2 rings (SSSR count). The molecule has 14 heavy (non-hydrogen) atoms. The van der Waals surface area contributed by atoms with Crippen molar-refractivity contribution in [2.45, 2.75) is 63.5 Å². The van der Waals surface area contributed by atoms with Crippen LogP contribution in [0.3, 0.4) is 0 Å². The van der Waals surface area contributed by atoms with Gasteiger partial charge in [0.05, 0.1) is 5.60 Å². The number of nitrogens with one attached hydrogen (secondary N) is 1. The molecule has 2 aliphatic rings. The van der Waals surface area contributed by atoms with Crippen molar-refractivity contribution in [2.75, 3.05) is 6.54 Å². The van der Waals surface area contributed by atoms with Crippen LogP contribution in [0.25, 0.3) is 0 Å². The van der Waals surface area contributed by atoms with Gasteiger partial charge in [-0.15, -0.1) is 0 Å². The monoisotopic (exact) mass is 197 g/mol. The van der Waals surface area contributed by atoms with Crippen LogP contribution in [0.4, 0.5) is 0 Å². The normalized spacial score (nSPS) is 38.1. The smallest absolute Gasteiger partial charge is 0.0800 e. The highest BCUT2D eigenvalue weighted by atomic mass is 16.3. The van der Waals surface area contributed by atoms with E-state index in [1.807, 2.05) is 0 Å². The summed E-state index contributed by atoms with van der Waals surface area (Å²) in [5.41, 5.74) is -0.382. The zero-order valence-corrected chi connectivity index (χ0v) is 9.26. The summed E-state index contributed by atoms with van der Waals surface area (Å²) in [6.45, 7) is 3.40. The van der Waals surface area contributed by atoms with Crippen molar-refractivity contribution in [1.29, 1.82) is 0 Å². The molecule has 2 heteroatoms. The summed E-state index contributed by atoms with van der Waals surface area (Å²) in [7, 11) is 0. The van der Waals surface area contributed by atoms with Crippen molar-refractivity contribution in [3.63, 3.8) is 0 Å². The van der Waals surface area contributed by atoms with Gasteiger partial charge in [0, 0.05) is 6.04 Å². The third-order valence-corrected chi connectivity index (χ3v) is 4.03. The van der Waals surface area contributed by atoms with Gasteiger partial charge in [0.2, 0.25) is 0 Å². The summed E-state index contributed by atoms with van der Waals surface area (Å²) in [5.74, 6) is 0.784. The number of aliphatic hydroxyl groups is 1. The minimum absolute atomic E-state index is 0.367. The molecule has 1 saturated heterocycles. The molecule has 1 aliphatic carbocycles. The SMILES string of the molecule is CC1CCNC(C2(O)CCCCC2)C1. The first kappa shape index (κ1) is 10.4. The van der Waals surface area contributed by atoms with E-state index < -0.39 is 0 Å². The predicted octanol–water partition coefficient (Wildman–Crippen LogP) is 2.07. The first-order chi connectivity index (χ1) is 6.71. The molecule has 2 fully saturated rings. The Kier molecular flexibility index (Phi) is 3.13. The van der Waals surface area contributed by atoms with Crippen LogP contribution in [0.5, 0.6) is 0 Å². The van der Waals surface area contributed by atoms with Gasteiger partial charge in [-0.1, -0.05) is 26.2 Å². The second-order valence-corrected chi connectivity index (χ2v) is 5.30. The van der Waals surface area contributed by atoms with Crippen LogP contribution in [0, 0.1) is 5.92 Å². The van der Waals surface area contributed by atoms with Crippen LogP contribution in [0.15, 0.2) is 0 Å². The summed E-state index contributed by atoms with van der Waals surface area (Å²) in [6.07, 6.45) is 8.19. The molecule has 2 N–H and O–H groups in total. The number of rotatable bonds is 1. The molecule has 2 unspecified atom stereocenters. The number of hydrogen-bond acceptors (Lipinski definition) is 2. The maximum atomic E-state index is 10.6. The fourth-order valence-electron chi connectivity index (χ4n) is 3.03. The van der Waals surface area contributed by atoms with E-state index in [1.54, 1.807) is 0 Å². The van der Waals surface area contributed by atoms with Gasteiger partial charge in [0.1, 0.15) is 0 Å². The molecule has 0 radical (unpaired) electrons. The van der Waals surface area contributed by atoms with Crippen molar-refractivity contribution in [1.82, 2.24) is 5.32 Å². The van der Waals surface area contributed by atoms with Crippen molar-refractivity contribution in [3.05, 3.63) is 0 Å². The quantitative estimate of drug-likeness (QED) is 0.674. The average Bonchev–Trinajstić information content (AvgIpc) is 2.19. The van der Waals surface area contributed by atoms with Gasteiger partial charge in [0.15, 0.2) is 0 Å². The Morgan fingerprint density at radius 2 is 1.93 bits per heavy atom. The first-order valence-corrected chi connectivity index (χ1v) is 6.16. The van der Waals surface area contributed by atoms with Crippen LogP contribution in [-0.4, -0.2) is 23.3 Å². The van der Waals surface area contributed by atoms with Gasteiger partial charge >= 0.3 is 0 Å². The zero-order valence-electron chi connectivity index (χ0n) is 9.26. The molecule has 2 atom stereocenters. The van der Waals surface area contributed by atoms with Gasteiger partial charge in [-0.2, -0.15) is 0 Å². The first-order valence-electron chi connectivity index (χ1n) is 6.16. The average molecular weight is 197 g/mol. The van der Waals surface area contributed by atoms with Crippen molar-refractivity contribution in [3.8, 4) is 0 Å². The summed E-state index contributed by atoms with van der Waals surface area (Å²) in [6, 6.07) is 0.367. The molecule has 0 aromatic carbocycles. The molecule has 1 aliphatic heterocycles. The van der Waals surface area contributed by atoms with Crippen molar-refractivity contribution < 1.29 is 5.11 Å². The Bertz CT molecular complexity index is 187. The van der Waals surface area contributed by atoms with Crippen LogP contribution in [0.1, 0.15) is 51.9 Å². The highest BCUT2D eigenvalue weighted by Crippen LogP contribution is 2.34. The molecule has 0 bridgehead atoms. The Morgan fingerprint density at radius 3 is 2.57 bits per heavy atom. The van der Waals surface area contributed by atoms with Gasteiger partial charge < -0.3 is 10.4 Å². The lowest BCUT2D eigenvalue weighted by Gasteiger charge is -2.43. The molecule has 1 heterocycles. The lowest BCUT2D eigenvalue weighted by molar-refractivity contribution is -0.0425.